The number of nitriles is 1. The number of carbonyl (C=O) groups is 1. The van der Waals surface area contributed by atoms with Gasteiger partial charge in [-0.15, -0.1) is 0 Å². The van der Waals surface area contributed by atoms with E-state index in [9.17, 15) is 4.79 Å². The van der Waals surface area contributed by atoms with E-state index in [-0.39, 0.29) is 12.4 Å². The van der Waals surface area contributed by atoms with Gasteiger partial charge in [-0.2, -0.15) is 5.26 Å². The lowest BCUT2D eigenvalue weighted by Crippen LogP contribution is -2.03. The lowest BCUT2D eigenvalue weighted by atomic mass is 10.2. The van der Waals surface area contributed by atoms with E-state index < -0.39 is 0 Å². The van der Waals surface area contributed by atoms with E-state index in [2.05, 4.69) is 0 Å². The summed E-state index contributed by atoms with van der Waals surface area (Å²) in [7, 11) is 0. The van der Waals surface area contributed by atoms with E-state index in [1.165, 1.54) is 6.92 Å². The molecule has 0 aromatic heterocycles. The van der Waals surface area contributed by atoms with E-state index in [0.717, 1.165) is 5.56 Å². The van der Waals surface area contributed by atoms with Crippen LogP contribution in [-0.2, 0) is 16.1 Å². The van der Waals surface area contributed by atoms with Crippen molar-refractivity contribution in [3.63, 3.8) is 0 Å². The molecule has 0 heterocycles. The van der Waals surface area contributed by atoms with Gasteiger partial charge >= 0.3 is 0 Å². The van der Waals surface area contributed by atoms with Gasteiger partial charge in [0, 0.05) is 0 Å². The first kappa shape index (κ1) is 18.7. The first-order chi connectivity index (χ1) is 8.72. The molecule has 0 unspecified atom stereocenters. The van der Waals surface area contributed by atoms with Crippen LogP contribution in [0.5, 0.6) is 0 Å². The number of hydrogen-bond acceptors (Lipinski definition) is 3. The van der Waals surface area contributed by atoms with Gasteiger partial charge in [0.05, 0.1) is 18.2 Å². The van der Waals surface area contributed by atoms with E-state index in [1.54, 1.807) is 12.1 Å². The number of Topliss-reactive ketones (excluding diaryl/α,β-unsaturated/α-hetero) is 1. The van der Waals surface area contributed by atoms with Crippen LogP contribution in [0.2, 0.25) is 0 Å². The molecular weight excluding hydrogens is 226 g/mol. The van der Waals surface area contributed by atoms with Gasteiger partial charge in [0.25, 0.3) is 0 Å². The quantitative estimate of drug-likeness (QED) is 0.817. The van der Waals surface area contributed by atoms with Crippen molar-refractivity contribution < 1.29 is 9.53 Å². The molecule has 0 spiro atoms. The van der Waals surface area contributed by atoms with E-state index >= 15 is 0 Å². The van der Waals surface area contributed by atoms with Crippen molar-refractivity contribution in [2.75, 3.05) is 6.61 Å². The normalized spacial score (nSPS) is 8.00. The van der Waals surface area contributed by atoms with E-state index in [0.29, 0.717) is 12.2 Å². The summed E-state index contributed by atoms with van der Waals surface area (Å²) in [5, 5.41) is 8.55. The van der Waals surface area contributed by atoms with Crippen LogP contribution < -0.4 is 0 Å². The van der Waals surface area contributed by atoms with Crippen molar-refractivity contribution >= 4 is 5.78 Å². The Morgan fingerprint density at radius 1 is 1.17 bits per heavy atom. The van der Waals surface area contributed by atoms with Gasteiger partial charge in [0.1, 0.15) is 6.61 Å². The summed E-state index contributed by atoms with van der Waals surface area (Å²) >= 11 is 0. The van der Waals surface area contributed by atoms with Crippen molar-refractivity contribution in [3.8, 4) is 6.07 Å². The van der Waals surface area contributed by atoms with E-state index in [4.69, 9.17) is 10.00 Å². The molecule has 18 heavy (non-hydrogen) atoms. The maximum absolute atomic E-state index is 10.6. The predicted octanol–water partition coefficient (Wildman–Crippen LogP) is 3.72. The average Bonchev–Trinajstić information content (AvgIpc) is 2.44. The number of ether oxygens (including phenoxy) is 1. The second kappa shape index (κ2) is 13.4. The molecular formula is C15H23NO2. The second-order valence-corrected chi connectivity index (χ2v) is 3.00. The molecule has 100 valence electrons. The smallest absolute Gasteiger partial charge is 0.155 e. The molecule has 0 aliphatic rings. The van der Waals surface area contributed by atoms with Crippen LogP contribution in [0.15, 0.2) is 24.3 Å². The highest BCUT2D eigenvalue weighted by Crippen LogP contribution is 2.04. The summed E-state index contributed by atoms with van der Waals surface area (Å²) in [5.41, 5.74) is 1.59. The van der Waals surface area contributed by atoms with Gasteiger partial charge < -0.3 is 4.74 Å². The molecule has 1 aromatic rings. The SMILES string of the molecule is CC.CC.CC(=O)COCc1ccc(C#N)cc1. The predicted molar refractivity (Wildman–Crippen MR) is 74.2 cm³/mol. The largest absolute Gasteiger partial charge is 0.369 e. The van der Waals surface area contributed by atoms with Crippen LogP contribution in [-0.4, -0.2) is 12.4 Å². The molecule has 3 heteroatoms. The fraction of sp³-hybridized carbons (Fsp3) is 0.467. The van der Waals surface area contributed by atoms with Gasteiger partial charge in [-0.1, -0.05) is 39.8 Å². The number of benzene rings is 1. The zero-order valence-electron chi connectivity index (χ0n) is 12.0. The van der Waals surface area contributed by atoms with Crippen molar-refractivity contribution in [1.82, 2.24) is 0 Å². The van der Waals surface area contributed by atoms with Crippen LogP contribution in [0.3, 0.4) is 0 Å². The molecule has 1 rings (SSSR count). The number of rotatable bonds is 4. The zero-order chi connectivity index (χ0) is 14.4. The lowest BCUT2D eigenvalue weighted by Gasteiger charge is -2.01. The topological polar surface area (TPSA) is 50.1 Å². The molecule has 0 aliphatic heterocycles. The number of hydrogen-bond donors (Lipinski definition) is 0. The van der Waals surface area contributed by atoms with Gasteiger partial charge in [-0.25, -0.2) is 0 Å². The zero-order valence-corrected chi connectivity index (χ0v) is 12.0. The minimum absolute atomic E-state index is 0.0126. The Hall–Kier alpha value is -1.66. The van der Waals surface area contributed by atoms with Crippen molar-refractivity contribution in [2.45, 2.75) is 41.2 Å². The summed E-state index contributed by atoms with van der Waals surface area (Å²) in [6, 6.07) is 9.13. The standard InChI is InChI=1S/C11H11NO2.2C2H6/c1-9(13)7-14-8-11-4-2-10(6-12)3-5-11;2*1-2/h2-5H,7-8H2,1H3;2*1-2H3. The first-order valence-corrected chi connectivity index (χ1v) is 6.28. The highest BCUT2D eigenvalue weighted by atomic mass is 16.5. The Kier molecular flexibility index (Phi) is 13.9. The maximum atomic E-state index is 10.6. The van der Waals surface area contributed by atoms with Crippen LogP contribution in [0.25, 0.3) is 0 Å². The van der Waals surface area contributed by atoms with Crippen LogP contribution in [0.1, 0.15) is 45.7 Å². The Morgan fingerprint density at radius 3 is 2.06 bits per heavy atom. The minimum atomic E-state index is 0.0126. The molecule has 1 aromatic carbocycles. The third-order valence-electron chi connectivity index (χ3n) is 1.66. The summed E-state index contributed by atoms with van der Waals surface area (Å²) in [6.45, 7) is 10.0. The third kappa shape index (κ3) is 9.56. The molecule has 0 saturated carbocycles. The highest BCUT2D eigenvalue weighted by molar-refractivity contribution is 5.76. The molecule has 0 N–H and O–H groups in total. The van der Waals surface area contributed by atoms with Gasteiger partial charge in [0.2, 0.25) is 0 Å². The fourth-order valence-corrected chi connectivity index (χ4v) is 0.988. The molecule has 0 radical (unpaired) electrons. The van der Waals surface area contributed by atoms with Gasteiger partial charge in [-0.3, -0.25) is 4.79 Å². The van der Waals surface area contributed by atoms with E-state index in [1.807, 2.05) is 45.9 Å². The summed E-state index contributed by atoms with van der Waals surface area (Å²) in [6.07, 6.45) is 0. The Labute approximate surface area is 110 Å². The first-order valence-electron chi connectivity index (χ1n) is 6.28. The van der Waals surface area contributed by atoms with Crippen LogP contribution in [0, 0.1) is 11.3 Å². The molecule has 0 fully saturated rings. The summed E-state index contributed by atoms with van der Waals surface area (Å²) in [5.74, 6) is 0.0126. The maximum Gasteiger partial charge on any atom is 0.155 e. The Morgan fingerprint density at radius 2 is 1.67 bits per heavy atom. The molecule has 0 aliphatic carbocycles. The Balaban J connectivity index is 0. The molecule has 0 amide bonds. The number of ketones is 1. The molecule has 0 bridgehead atoms. The summed E-state index contributed by atoms with van der Waals surface area (Å²) in [4.78, 5) is 10.6. The van der Waals surface area contributed by atoms with Gasteiger partial charge in [0.15, 0.2) is 5.78 Å². The monoisotopic (exact) mass is 249 g/mol. The number of nitrogens with zero attached hydrogens (tertiary/aromatic N) is 1. The van der Waals surface area contributed by atoms with Crippen molar-refractivity contribution in [2.24, 2.45) is 0 Å². The number of carbonyl (C=O) groups excluding carboxylic acids is 1. The third-order valence-corrected chi connectivity index (χ3v) is 1.66. The molecule has 0 atom stereocenters. The van der Waals surface area contributed by atoms with Crippen LogP contribution >= 0.6 is 0 Å². The fourth-order valence-electron chi connectivity index (χ4n) is 0.988. The lowest BCUT2D eigenvalue weighted by molar-refractivity contribution is -0.121. The molecule has 0 saturated heterocycles. The highest BCUT2D eigenvalue weighted by Gasteiger charge is 1.96. The Bertz CT molecular complexity index is 350. The van der Waals surface area contributed by atoms with Gasteiger partial charge in [-0.05, 0) is 24.6 Å². The summed E-state index contributed by atoms with van der Waals surface area (Å²) < 4.78 is 5.12. The van der Waals surface area contributed by atoms with Crippen molar-refractivity contribution in [3.05, 3.63) is 35.4 Å². The minimum Gasteiger partial charge on any atom is -0.369 e. The van der Waals surface area contributed by atoms with Crippen molar-refractivity contribution in [1.29, 1.82) is 5.26 Å². The molecule has 3 nitrogen and oxygen atoms in total. The van der Waals surface area contributed by atoms with Crippen LogP contribution in [0.4, 0.5) is 0 Å². The second-order valence-electron chi connectivity index (χ2n) is 3.00. The average molecular weight is 249 g/mol.